The number of likely N-dealkylation sites (tertiary alicyclic amines) is 1. The third-order valence-electron chi connectivity index (χ3n) is 5.49. The highest BCUT2D eigenvalue weighted by Gasteiger charge is 2.36. The van der Waals surface area contributed by atoms with Gasteiger partial charge in [0.2, 0.25) is 17.7 Å². The molecular weight excluding hydrogens is 428 g/mol. The van der Waals surface area contributed by atoms with Crippen LogP contribution in [-0.4, -0.2) is 74.9 Å². The van der Waals surface area contributed by atoms with Crippen LogP contribution < -0.4 is 16.4 Å². The Labute approximate surface area is 190 Å². The van der Waals surface area contributed by atoms with Gasteiger partial charge in [-0.15, -0.1) is 0 Å². The van der Waals surface area contributed by atoms with Gasteiger partial charge in [-0.05, 0) is 18.4 Å². The van der Waals surface area contributed by atoms with Crippen molar-refractivity contribution in [2.24, 2.45) is 5.73 Å². The summed E-state index contributed by atoms with van der Waals surface area (Å²) in [5, 5.41) is 14.3. The second-order valence-electron chi connectivity index (χ2n) is 7.94. The number of H-pyrrole nitrogens is 1. The molecule has 0 saturated carbocycles. The van der Waals surface area contributed by atoms with E-state index in [0.717, 1.165) is 11.3 Å². The average Bonchev–Trinajstić information content (AvgIpc) is 3.49. The number of aromatic nitrogens is 2. The molecule has 3 rings (SSSR count). The van der Waals surface area contributed by atoms with Crippen molar-refractivity contribution in [3.63, 3.8) is 0 Å². The van der Waals surface area contributed by atoms with Gasteiger partial charge in [-0.25, -0.2) is 9.78 Å². The van der Waals surface area contributed by atoms with Gasteiger partial charge in [0.25, 0.3) is 0 Å². The Morgan fingerprint density at radius 2 is 1.97 bits per heavy atom. The van der Waals surface area contributed by atoms with Crippen LogP contribution in [0.5, 0.6) is 0 Å². The van der Waals surface area contributed by atoms with Gasteiger partial charge >= 0.3 is 5.97 Å². The van der Waals surface area contributed by atoms with Crippen LogP contribution in [-0.2, 0) is 32.0 Å². The molecular formula is C22H28N6O5. The van der Waals surface area contributed by atoms with Gasteiger partial charge in [-0.3, -0.25) is 14.4 Å². The third kappa shape index (κ3) is 6.62. The zero-order valence-electron chi connectivity index (χ0n) is 18.1. The van der Waals surface area contributed by atoms with E-state index < -0.39 is 42.5 Å². The first-order valence-corrected chi connectivity index (χ1v) is 10.7. The molecule has 1 aromatic heterocycles. The van der Waals surface area contributed by atoms with E-state index in [1.807, 2.05) is 6.07 Å². The summed E-state index contributed by atoms with van der Waals surface area (Å²) in [6, 6.07) is 6.25. The van der Waals surface area contributed by atoms with E-state index in [1.165, 1.54) is 11.2 Å². The molecule has 1 aliphatic heterocycles. The molecule has 0 bridgehead atoms. The van der Waals surface area contributed by atoms with E-state index in [0.29, 0.717) is 19.4 Å². The first-order valence-electron chi connectivity index (χ1n) is 10.7. The molecule has 1 aromatic carbocycles. The van der Waals surface area contributed by atoms with Crippen LogP contribution in [0.4, 0.5) is 0 Å². The van der Waals surface area contributed by atoms with Crippen molar-refractivity contribution in [2.45, 2.75) is 43.8 Å². The standard InChI is InChI=1S/C22H28N6O5/c23-16(10-15-11-24-13-26-15)21(31)28-8-4-7-18(28)20(30)25-12-19(29)27-17(22(32)33)9-14-5-2-1-3-6-14/h1-3,5-6,11,13,16-18H,4,7-10,12,23H2,(H,24,26)(H,25,30)(H,27,29)(H,32,33). The molecule has 2 aromatic rings. The van der Waals surface area contributed by atoms with E-state index in [9.17, 15) is 24.3 Å². The Morgan fingerprint density at radius 1 is 1.21 bits per heavy atom. The smallest absolute Gasteiger partial charge is 0.326 e. The molecule has 3 amide bonds. The number of nitrogens with one attached hydrogen (secondary N) is 3. The molecule has 0 radical (unpaired) electrons. The average molecular weight is 457 g/mol. The molecule has 2 heterocycles. The Kier molecular flexibility index (Phi) is 8.14. The predicted molar refractivity (Wildman–Crippen MR) is 118 cm³/mol. The molecule has 0 aliphatic carbocycles. The molecule has 11 nitrogen and oxygen atoms in total. The fourth-order valence-electron chi connectivity index (χ4n) is 3.82. The molecule has 1 aliphatic rings. The lowest BCUT2D eigenvalue weighted by molar-refractivity contribution is -0.142. The van der Waals surface area contributed by atoms with Crippen LogP contribution in [0.25, 0.3) is 0 Å². The number of hydrogen-bond acceptors (Lipinski definition) is 6. The number of benzene rings is 1. The predicted octanol–water partition coefficient (Wildman–Crippen LogP) is -0.801. The van der Waals surface area contributed by atoms with E-state index in [2.05, 4.69) is 20.6 Å². The number of carboxylic acid groups (broad SMARTS) is 1. The Morgan fingerprint density at radius 3 is 2.64 bits per heavy atom. The van der Waals surface area contributed by atoms with Gasteiger partial charge in [-0.1, -0.05) is 30.3 Å². The summed E-state index contributed by atoms with van der Waals surface area (Å²) in [6.07, 6.45) is 4.58. The maximum atomic E-state index is 12.8. The van der Waals surface area contributed by atoms with Crippen molar-refractivity contribution in [1.82, 2.24) is 25.5 Å². The number of aromatic amines is 1. The Hall–Kier alpha value is -3.73. The molecule has 33 heavy (non-hydrogen) atoms. The summed E-state index contributed by atoms with van der Waals surface area (Å²) in [6.45, 7) is 0.00802. The highest BCUT2D eigenvalue weighted by molar-refractivity contribution is 5.93. The number of hydrogen-bond donors (Lipinski definition) is 5. The van der Waals surface area contributed by atoms with E-state index in [1.54, 1.807) is 30.5 Å². The van der Waals surface area contributed by atoms with E-state index >= 15 is 0 Å². The van der Waals surface area contributed by atoms with Crippen LogP contribution in [0.2, 0.25) is 0 Å². The number of nitrogens with zero attached hydrogens (tertiary/aromatic N) is 2. The van der Waals surface area contributed by atoms with Crippen LogP contribution >= 0.6 is 0 Å². The first-order chi connectivity index (χ1) is 15.8. The van der Waals surface area contributed by atoms with Crippen molar-refractivity contribution in [3.05, 3.63) is 54.1 Å². The van der Waals surface area contributed by atoms with Crippen LogP contribution in [0.15, 0.2) is 42.9 Å². The molecule has 3 atom stereocenters. The topological polar surface area (TPSA) is 171 Å². The molecule has 11 heteroatoms. The number of amides is 3. The largest absolute Gasteiger partial charge is 0.480 e. The van der Waals surface area contributed by atoms with Crippen LogP contribution in [0.3, 0.4) is 0 Å². The van der Waals surface area contributed by atoms with Crippen molar-refractivity contribution >= 4 is 23.7 Å². The van der Waals surface area contributed by atoms with Crippen LogP contribution in [0, 0.1) is 0 Å². The van der Waals surface area contributed by atoms with Gasteiger partial charge < -0.3 is 31.4 Å². The number of aliphatic carboxylic acids is 1. The van der Waals surface area contributed by atoms with Crippen molar-refractivity contribution < 1.29 is 24.3 Å². The zero-order chi connectivity index (χ0) is 23.8. The fourth-order valence-corrected chi connectivity index (χ4v) is 3.82. The second kappa shape index (κ2) is 11.2. The molecule has 176 valence electrons. The number of nitrogens with two attached hydrogens (primary N) is 1. The number of rotatable bonds is 10. The molecule has 3 unspecified atom stereocenters. The van der Waals surface area contributed by atoms with Gasteiger partial charge in [0.1, 0.15) is 12.1 Å². The SMILES string of the molecule is NC(Cc1cnc[nH]1)C(=O)N1CCCC1C(=O)NCC(=O)NC(Cc1ccccc1)C(=O)O. The van der Waals surface area contributed by atoms with Crippen molar-refractivity contribution in [2.75, 3.05) is 13.1 Å². The van der Waals surface area contributed by atoms with Crippen LogP contribution in [0.1, 0.15) is 24.1 Å². The number of carbonyl (C=O) groups excluding carboxylic acids is 3. The van der Waals surface area contributed by atoms with Gasteiger partial charge in [0.05, 0.1) is 18.9 Å². The number of imidazole rings is 1. The summed E-state index contributed by atoms with van der Waals surface area (Å²) in [7, 11) is 0. The van der Waals surface area contributed by atoms with Gasteiger partial charge in [0.15, 0.2) is 0 Å². The molecule has 0 spiro atoms. The summed E-state index contributed by atoms with van der Waals surface area (Å²) in [5.41, 5.74) is 7.51. The lowest BCUT2D eigenvalue weighted by atomic mass is 10.1. The monoisotopic (exact) mass is 456 g/mol. The lowest BCUT2D eigenvalue weighted by Gasteiger charge is -2.26. The third-order valence-corrected chi connectivity index (χ3v) is 5.49. The van der Waals surface area contributed by atoms with E-state index in [-0.39, 0.29) is 18.7 Å². The molecule has 1 fully saturated rings. The van der Waals surface area contributed by atoms with Crippen molar-refractivity contribution in [3.8, 4) is 0 Å². The molecule has 1 saturated heterocycles. The Balaban J connectivity index is 1.50. The van der Waals surface area contributed by atoms with Gasteiger partial charge in [0, 0.05) is 31.3 Å². The van der Waals surface area contributed by atoms with Gasteiger partial charge in [-0.2, -0.15) is 0 Å². The fraction of sp³-hybridized carbons (Fsp3) is 0.409. The summed E-state index contributed by atoms with van der Waals surface area (Å²) in [5.74, 6) is -2.61. The summed E-state index contributed by atoms with van der Waals surface area (Å²) in [4.78, 5) is 57.4. The minimum absolute atomic E-state index is 0.120. The highest BCUT2D eigenvalue weighted by atomic mass is 16.4. The zero-order valence-corrected chi connectivity index (χ0v) is 18.1. The summed E-state index contributed by atoms with van der Waals surface area (Å²) < 4.78 is 0. The second-order valence-corrected chi connectivity index (χ2v) is 7.94. The minimum Gasteiger partial charge on any atom is -0.480 e. The quantitative estimate of drug-likeness (QED) is 0.311. The highest BCUT2D eigenvalue weighted by Crippen LogP contribution is 2.19. The molecule has 6 N–H and O–H groups in total. The maximum absolute atomic E-state index is 12.8. The maximum Gasteiger partial charge on any atom is 0.326 e. The summed E-state index contributed by atoms with van der Waals surface area (Å²) >= 11 is 0. The first kappa shape index (κ1) is 23.9. The Bertz CT molecular complexity index is 965. The number of carboxylic acids is 1. The minimum atomic E-state index is -1.17. The van der Waals surface area contributed by atoms with E-state index in [4.69, 9.17) is 5.73 Å². The number of carbonyl (C=O) groups is 4. The normalized spacial score (nSPS) is 17.2. The lowest BCUT2D eigenvalue weighted by Crippen LogP contribution is -2.53. The van der Waals surface area contributed by atoms with Crippen molar-refractivity contribution in [1.29, 1.82) is 0 Å².